The number of aliphatic hydroxyl groups is 2. The van der Waals surface area contributed by atoms with Gasteiger partial charge in [-0.05, 0) is 41.8 Å². The number of hydrogen-bond donors (Lipinski definition) is 3. The molecule has 208 valence electrons. The van der Waals surface area contributed by atoms with Gasteiger partial charge in [0.2, 0.25) is 0 Å². The average Bonchev–Trinajstić information content (AvgIpc) is 3.20. The number of amides is 2. The Morgan fingerprint density at radius 2 is 1.61 bits per heavy atom. The number of benzene rings is 2. The first-order valence-electron chi connectivity index (χ1n) is 10.9. The van der Waals surface area contributed by atoms with E-state index in [1.54, 1.807) is 0 Å². The van der Waals surface area contributed by atoms with Crippen LogP contribution in [-0.2, 0) is 31.6 Å². The first kappa shape index (κ1) is 29.4. The quantitative estimate of drug-likeness (QED) is 0.460. The lowest BCUT2D eigenvalue weighted by Crippen LogP contribution is -2.53. The van der Waals surface area contributed by atoms with E-state index in [0.717, 1.165) is 11.2 Å². The van der Waals surface area contributed by atoms with Crippen LogP contribution in [0.25, 0.3) is 0 Å². The molecule has 0 aromatic heterocycles. The normalized spacial score (nSPS) is 17.2. The number of hydrogen-bond acceptors (Lipinski definition) is 6. The van der Waals surface area contributed by atoms with E-state index in [0.29, 0.717) is 29.8 Å². The van der Waals surface area contributed by atoms with Gasteiger partial charge in [0.05, 0.1) is 4.90 Å². The highest BCUT2D eigenvalue weighted by molar-refractivity contribution is 7.90. The zero-order chi connectivity index (χ0) is 28.8. The summed E-state index contributed by atoms with van der Waals surface area (Å²) in [5.41, 5.74) is -6.43. The summed E-state index contributed by atoms with van der Waals surface area (Å²) in [4.78, 5) is 26.8. The Morgan fingerprint density at radius 1 is 1.05 bits per heavy atom. The molecule has 0 radical (unpaired) electrons. The summed E-state index contributed by atoms with van der Waals surface area (Å²) in [6.07, 6.45) is -12.7. The largest absolute Gasteiger partial charge is 0.430 e. The lowest BCUT2D eigenvalue weighted by Gasteiger charge is -2.32. The fourth-order valence-corrected chi connectivity index (χ4v) is 4.68. The van der Waals surface area contributed by atoms with Crippen LogP contribution in [-0.4, -0.2) is 60.1 Å². The van der Waals surface area contributed by atoms with Crippen LogP contribution in [0.1, 0.15) is 36.1 Å². The number of halogens is 6. The fraction of sp³-hybridized carbons (Fsp3) is 0.391. The molecule has 0 saturated heterocycles. The summed E-state index contributed by atoms with van der Waals surface area (Å²) < 4.78 is 103. The maximum atomic E-state index is 13.2. The number of anilines is 1. The smallest absolute Gasteiger partial charge is 0.383 e. The highest BCUT2D eigenvalue weighted by Crippen LogP contribution is 2.50. The summed E-state index contributed by atoms with van der Waals surface area (Å²) in [6, 6.07) is 4.51. The number of fused-ring (bicyclic) bond motifs is 1. The molecule has 0 unspecified atom stereocenters. The van der Waals surface area contributed by atoms with Gasteiger partial charge in [0.15, 0.2) is 9.84 Å². The summed E-state index contributed by atoms with van der Waals surface area (Å²) in [5.74, 6) is -1.78. The molecule has 1 aliphatic rings. The molecule has 15 heteroatoms. The lowest BCUT2D eigenvalue weighted by molar-refractivity contribution is -0.376. The molecule has 38 heavy (non-hydrogen) atoms. The molecule has 0 bridgehead atoms. The first-order chi connectivity index (χ1) is 17.3. The minimum Gasteiger partial charge on any atom is -0.383 e. The Bertz CT molecular complexity index is 1330. The molecule has 0 aliphatic carbocycles. The van der Waals surface area contributed by atoms with Crippen molar-refractivity contribution in [2.45, 2.75) is 54.9 Å². The van der Waals surface area contributed by atoms with Gasteiger partial charge in [-0.3, -0.25) is 9.59 Å². The summed E-state index contributed by atoms with van der Waals surface area (Å²) in [5, 5.41) is 21.9. The summed E-state index contributed by atoms with van der Waals surface area (Å²) in [7, 11) is -3.64. The van der Waals surface area contributed by atoms with Gasteiger partial charge in [0.25, 0.3) is 17.4 Å². The van der Waals surface area contributed by atoms with E-state index in [2.05, 4.69) is 5.32 Å². The van der Waals surface area contributed by atoms with Crippen molar-refractivity contribution in [1.29, 1.82) is 0 Å². The van der Waals surface area contributed by atoms with Crippen molar-refractivity contribution in [2.75, 3.05) is 11.6 Å². The van der Waals surface area contributed by atoms with E-state index in [1.165, 1.54) is 25.1 Å². The van der Waals surface area contributed by atoms with E-state index in [-0.39, 0.29) is 29.1 Å². The van der Waals surface area contributed by atoms with Crippen molar-refractivity contribution in [3.8, 4) is 0 Å². The lowest BCUT2D eigenvalue weighted by atomic mass is 9.92. The van der Waals surface area contributed by atoms with Crippen molar-refractivity contribution in [3.63, 3.8) is 0 Å². The molecule has 3 rings (SSSR count). The first-order valence-corrected chi connectivity index (χ1v) is 12.8. The number of aliphatic hydroxyl groups excluding tert-OH is 1. The Morgan fingerprint density at radius 3 is 2.08 bits per heavy atom. The number of rotatable bonds is 6. The molecule has 2 amide bonds. The SMILES string of the molecule is CC[C@@H](O)C(=O)N1Cc2cc(S(C)(=O)=O)ccc2[C@@H]1C(=O)Nc1ccc(C(O)(C(F)(F)F)C(F)(F)F)cc1. The van der Waals surface area contributed by atoms with Crippen molar-refractivity contribution < 1.29 is 54.6 Å². The number of nitrogens with one attached hydrogen (secondary N) is 1. The highest BCUT2D eigenvalue weighted by Gasteiger charge is 2.71. The van der Waals surface area contributed by atoms with E-state index < -0.39 is 57.3 Å². The molecule has 2 aromatic carbocycles. The molecule has 0 saturated carbocycles. The highest BCUT2D eigenvalue weighted by atomic mass is 32.2. The molecule has 0 fully saturated rings. The Kier molecular flexibility index (Phi) is 7.62. The van der Waals surface area contributed by atoms with Gasteiger partial charge in [0.1, 0.15) is 12.1 Å². The average molecular weight is 568 g/mol. The van der Waals surface area contributed by atoms with Crippen molar-refractivity contribution >= 4 is 27.3 Å². The predicted molar refractivity (Wildman–Crippen MR) is 120 cm³/mol. The Labute approximate surface area is 212 Å². The standard InChI is InChI=1S/C23H22F6N2O6S/c1-3-17(32)20(34)31-11-12-10-15(38(2,36)37)8-9-16(12)18(31)19(33)30-14-6-4-13(5-7-14)21(35,22(24,25)26)23(27,28)29/h4-10,17-18,32,35H,3,11H2,1-2H3,(H,30,33)/t17-,18-/m1/s1. The molecule has 2 atom stereocenters. The topological polar surface area (TPSA) is 124 Å². The minimum absolute atomic E-state index is 0.00259. The number of carbonyl (C=O) groups is 2. The zero-order valence-electron chi connectivity index (χ0n) is 19.8. The van der Waals surface area contributed by atoms with Gasteiger partial charge in [-0.1, -0.05) is 25.1 Å². The van der Waals surface area contributed by atoms with Gasteiger partial charge in [-0.2, -0.15) is 26.3 Å². The van der Waals surface area contributed by atoms with E-state index >= 15 is 0 Å². The van der Waals surface area contributed by atoms with Crippen molar-refractivity contribution in [2.24, 2.45) is 0 Å². The Hall–Kier alpha value is -3.17. The number of alkyl halides is 6. The third-order valence-corrected chi connectivity index (χ3v) is 7.19. The maximum absolute atomic E-state index is 13.2. The van der Waals surface area contributed by atoms with Crippen LogP contribution in [0.15, 0.2) is 47.4 Å². The maximum Gasteiger partial charge on any atom is 0.430 e. The molecule has 8 nitrogen and oxygen atoms in total. The fourth-order valence-electron chi connectivity index (χ4n) is 4.01. The van der Waals surface area contributed by atoms with Crippen LogP contribution in [0.5, 0.6) is 0 Å². The zero-order valence-corrected chi connectivity index (χ0v) is 20.6. The van der Waals surface area contributed by atoms with Gasteiger partial charge >= 0.3 is 12.4 Å². The monoisotopic (exact) mass is 568 g/mol. The third kappa shape index (κ3) is 5.22. The molecular formula is C23H22F6N2O6S. The van der Waals surface area contributed by atoms with E-state index in [1.807, 2.05) is 0 Å². The van der Waals surface area contributed by atoms with Crippen LogP contribution < -0.4 is 5.32 Å². The van der Waals surface area contributed by atoms with Crippen LogP contribution in [0.4, 0.5) is 32.0 Å². The molecule has 0 spiro atoms. The Balaban J connectivity index is 1.96. The van der Waals surface area contributed by atoms with E-state index in [4.69, 9.17) is 0 Å². The second-order valence-corrected chi connectivity index (χ2v) is 10.7. The van der Waals surface area contributed by atoms with Gasteiger partial charge < -0.3 is 20.4 Å². The van der Waals surface area contributed by atoms with Gasteiger partial charge in [0, 0.05) is 24.1 Å². The second-order valence-electron chi connectivity index (χ2n) is 8.70. The molecule has 2 aromatic rings. The third-order valence-electron chi connectivity index (χ3n) is 6.08. The minimum atomic E-state index is -6.09. The number of sulfone groups is 1. The van der Waals surface area contributed by atoms with Crippen LogP contribution >= 0.6 is 0 Å². The van der Waals surface area contributed by atoms with Crippen LogP contribution in [0.3, 0.4) is 0 Å². The number of carbonyl (C=O) groups excluding carboxylic acids is 2. The molecule has 3 N–H and O–H groups in total. The predicted octanol–water partition coefficient (Wildman–Crippen LogP) is 3.20. The van der Waals surface area contributed by atoms with Gasteiger partial charge in [-0.15, -0.1) is 0 Å². The molecular weight excluding hydrogens is 546 g/mol. The molecule has 1 aliphatic heterocycles. The van der Waals surface area contributed by atoms with Crippen LogP contribution in [0, 0.1) is 0 Å². The van der Waals surface area contributed by atoms with E-state index in [9.17, 15) is 54.6 Å². The van der Waals surface area contributed by atoms with Crippen molar-refractivity contribution in [1.82, 2.24) is 4.90 Å². The van der Waals surface area contributed by atoms with Gasteiger partial charge in [-0.25, -0.2) is 8.42 Å². The second kappa shape index (κ2) is 9.85. The number of nitrogens with zero attached hydrogens (tertiary/aromatic N) is 1. The summed E-state index contributed by atoms with van der Waals surface area (Å²) >= 11 is 0. The molecule has 1 heterocycles. The van der Waals surface area contributed by atoms with Crippen molar-refractivity contribution in [3.05, 3.63) is 59.2 Å². The van der Waals surface area contributed by atoms with Crippen LogP contribution in [0.2, 0.25) is 0 Å². The summed E-state index contributed by atoms with van der Waals surface area (Å²) in [6.45, 7) is 1.27.